The number of urea groups is 1. The standard InChI is InChI=1S/C21H20N4O4S/c1-12-2-4-15-18(8-12)30-21(23-15)24-20(27)22-13-9-19(26)25(11-13)14-3-5-16-17(10-14)29-7-6-28-16/h2-5,8,10,13H,6-7,9,11H2,1H3,(H2,22,23,24,27)/t13-/m0/s1. The molecule has 2 N–H and O–H groups in total. The van der Waals surface area contributed by atoms with Crippen LogP contribution in [-0.4, -0.2) is 42.7 Å². The minimum atomic E-state index is -0.368. The van der Waals surface area contributed by atoms with E-state index < -0.39 is 0 Å². The number of hydrogen-bond acceptors (Lipinski definition) is 6. The average Bonchev–Trinajstić information content (AvgIpc) is 3.29. The molecular formula is C21H20N4O4S. The lowest BCUT2D eigenvalue weighted by molar-refractivity contribution is -0.117. The van der Waals surface area contributed by atoms with E-state index >= 15 is 0 Å². The molecular weight excluding hydrogens is 404 g/mol. The van der Waals surface area contributed by atoms with Crippen LogP contribution in [-0.2, 0) is 4.79 Å². The summed E-state index contributed by atoms with van der Waals surface area (Å²) in [5, 5.41) is 6.18. The van der Waals surface area contributed by atoms with Crippen molar-refractivity contribution in [3.8, 4) is 11.5 Å². The van der Waals surface area contributed by atoms with E-state index in [-0.39, 0.29) is 24.4 Å². The van der Waals surface area contributed by atoms with Crippen molar-refractivity contribution in [2.75, 3.05) is 30.0 Å². The van der Waals surface area contributed by atoms with Gasteiger partial charge in [-0.25, -0.2) is 9.78 Å². The zero-order chi connectivity index (χ0) is 20.7. The van der Waals surface area contributed by atoms with E-state index in [4.69, 9.17) is 9.47 Å². The van der Waals surface area contributed by atoms with Gasteiger partial charge in [0.1, 0.15) is 13.2 Å². The number of fused-ring (bicyclic) bond motifs is 2. The van der Waals surface area contributed by atoms with Crippen molar-refractivity contribution in [3.05, 3.63) is 42.0 Å². The van der Waals surface area contributed by atoms with Crippen LogP contribution in [0.25, 0.3) is 10.2 Å². The lowest BCUT2D eigenvalue weighted by Gasteiger charge is -2.22. The maximum absolute atomic E-state index is 12.5. The first-order chi connectivity index (χ1) is 14.5. The molecule has 2 aromatic carbocycles. The Kier molecular flexibility index (Phi) is 4.66. The van der Waals surface area contributed by atoms with Crippen molar-refractivity contribution >= 4 is 44.3 Å². The van der Waals surface area contributed by atoms with Gasteiger partial charge in [-0.2, -0.15) is 0 Å². The third kappa shape index (κ3) is 3.63. The number of aryl methyl sites for hydroxylation is 1. The Hall–Kier alpha value is -3.33. The average molecular weight is 424 g/mol. The van der Waals surface area contributed by atoms with Gasteiger partial charge < -0.3 is 19.7 Å². The van der Waals surface area contributed by atoms with Gasteiger partial charge in [0.15, 0.2) is 16.6 Å². The van der Waals surface area contributed by atoms with Crippen molar-refractivity contribution in [1.29, 1.82) is 0 Å². The zero-order valence-electron chi connectivity index (χ0n) is 16.3. The van der Waals surface area contributed by atoms with Crippen molar-refractivity contribution in [1.82, 2.24) is 10.3 Å². The smallest absolute Gasteiger partial charge is 0.321 e. The van der Waals surface area contributed by atoms with Crippen LogP contribution >= 0.6 is 11.3 Å². The summed E-state index contributed by atoms with van der Waals surface area (Å²) in [6, 6.07) is 10.7. The second-order valence-electron chi connectivity index (χ2n) is 7.32. The molecule has 1 aromatic heterocycles. The number of anilines is 2. The summed E-state index contributed by atoms with van der Waals surface area (Å²) in [5.74, 6) is 1.26. The number of thiazole rings is 1. The van der Waals surface area contributed by atoms with Crippen molar-refractivity contribution in [2.45, 2.75) is 19.4 Å². The number of nitrogens with one attached hydrogen (secondary N) is 2. The lowest BCUT2D eigenvalue weighted by atomic mass is 10.2. The van der Waals surface area contributed by atoms with Gasteiger partial charge in [-0.05, 0) is 36.8 Å². The molecule has 30 heavy (non-hydrogen) atoms. The number of benzene rings is 2. The predicted molar refractivity (Wildman–Crippen MR) is 115 cm³/mol. The van der Waals surface area contributed by atoms with Gasteiger partial charge in [-0.15, -0.1) is 0 Å². The van der Waals surface area contributed by atoms with E-state index in [9.17, 15) is 9.59 Å². The highest BCUT2D eigenvalue weighted by Crippen LogP contribution is 2.35. The fourth-order valence-electron chi connectivity index (χ4n) is 3.66. The molecule has 8 nitrogen and oxygen atoms in total. The number of nitrogens with zero attached hydrogens (tertiary/aromatic N) is 2. The molecule has 9 heteroatoms. The molecule has 0 radical (unpaired) electrons. The Morgan fingerprint density at radius 2 is 2.00 bits per heavy atom. The van der Waals surface area contributed by atoms with Gasteiger partial charge in [-0.3, -0.25) is 10.1 Å². The largest absolute Gasteiger partial charge is 0.486 e. The molecule has 1 fully saturated rings. The van der Waals surface area contributed by atoms with Crippen LogP contribution in [0.2, 0.25) is 0 Å². The van der Waals surface area contributed by atoms with Crippen LogP contribution in [0.15, 0.2) is 36.4 Å². The number of rotatable bonds is 3. The topological polar surface area (TPSA) is 92.8 Å². The lowest BCUT2D eigenvalue weighted by Crippen LogP contribution is -2.39. The number of hydrogen-bond donors (Lipinski definition) is 2. The summed E-state index contributed by atoms with van der Waals surface area (Å²) < 4.78 is 12.1. The number of carbonyl (C=O) groups is 2. The molecule has 0 unspecified atom stereocenters. The molecule has 2 aliphatic rings. The minimum absolute atomic E-state index is 0.0487. The molecule has 5 rings (SSSR count). The third-order valence-electron chi connectivity index (χ3n) is 5.06. The molecule has 0 spiro atoms. The Bertz CT molecular complexity index is 1150. The van der Waals surface area contributed by atoms with Gasteiger partial charge in [0.25, 0.3) is 0 Å². The first-order valence-corrected chi connectivity index (χ1v) is 10.5. The van der Waals surface area contributed by atoms with Gasteiger partial charge in [-0.1, -0.05) is 17.4 Å². The number of carbonyl (C=O) groups excluding carboxylic acids is 2. The number of ether oxygens (including phenoxy) is 2. The molecule has 2 aliphatic heterocycles. The molecule has 0 saturated carbocycles. The molecule has 154 valence electrons. The van der Waals surface area contributed by atoms with Crippen LogP contribution in [0.4, 0.5) is 15.6 Å². The van der Waals surface area contributed by atoms with Crippen LogP contribution in [0.5, 0.6) is 11.5 Å². The number of aromatic nitrogens is 1. The maximum atomic E-state index is 12.5. The highest BCUT2D eigenvalue weighted by atomic mass is 32.1. The van der Waals surface area contributed by atoms with Crippen LogP contribution in [0.1, 0.15) is 12.0 Å². The summed E-state index contributed by atoms with van der Waals surface area (Å²) in [6.45, 7) is 3.42. The van der Waals surface area contributed by atoms with E-state index in [0.29, 0.717) is 36.4 Å². The summed E-state index contributed by atoms with van der Waals surface area (Å²) >= 11 is 1.42. The fraction of sp³-hybridized carbons (Fsp3) is 0.286. The second-order valence-corrected chi connectivity index (χ2v) is 8.35. The van der Waals surface area contributed by atoms with Crippen molar-refractivity contribution < 1.29 is 19.1 Å². The third-order valence-corrected chi connectivity index (χ3v) is 6.00. The SMILES string of the molecule is Cc1ccc2nc(NC(=O)N[C@H]3CC(=O)N(c4ccc5c(c4)OCCO5)C3)sc2c1. The minimum Gasteiger partial charge on any atom is -0.486 e. The quantitative estimate of drug-likeness (QED) is 0.673. The summed E-state index contributed by atoms with van der Waals surface area (Å²) in [6.07, 6.45) is 0.237. The van der Waals surface area contributed by atoms with Gasteiger partial charge >= 0.3 is 6.03 Å². The van der Waals surface area contributed by atoms with Crippen LogP contribution < -0.4 is 25.0 Å². The first-order valence-electron chi connectivity index (χ1n) is 9.70. The van der Waals surface area contributed by atoms with Crippen molar-refractivity contribution in [3.63, 3.8) is 0 Å². The Balaban J connectivity index is 1.23. The second kappa shape index (κ2) is 7.49. The van der Waals surface area contributed by atoms with E-state index in [0.717, 1.165) is 21.5 Å². The zero-order valence-corrected chi connectivity index (χ0v) is 17.1. The van der Waals surface area contributed by atoms with E-state index in [1.54, 1.807) is 17.0 Å². The fourth-order valence-corrected chi connectivity index (χ4v) is 4.62. The van der Waals surface area contributed by atoms with Gasteiger partial charge in [0.05, 0.1) is 16.3 Å². The molecule has 3 amide bonds. The van der Waals surface area contributed by atoms with E-state index in [1.165, 1.54) is 11.3 Å². The van der Waals surface area contributed by atoms with Crippen LogP contribution in [0, 0.1) is 6.92 Å². The van der Waals surface area contributed by atoms with Crippen molar-refractivity contribution in [2.24, 2.45) is 0 Å². The summed E-state index contributed by atoms with van der Waals surface area (Å²) in [7, 11) is 0. The molecule has 3 aromatic rings. The van der Waals surface area contributed by atoms with E-state index in [1.807, 2.05) is 31.2 Å². The molecule has 0 bridgehead atoms. The Labute approximate surface area is 176 Å². The Morgan fingerprint density at radius 1 is 1.17 bits per heavy atom. The normalized spacial score (nSPS) is 18.0. The van der Waals surface area contributed by atoms with E-state index in [2.05, 4.69) is 15.6 Å². The van der Waals surface area contributed by atoms with Gasteiger partial charge in [0.2, 0.25) is 5.91 Å². The summed E-state index contributed by atoms with van der Waals surface area (Å²) in [5.41, 5.74) is 2.73. The monoisotopic (exact) mass is 424 g/mol. The highest BCUT2D eigenvalue weighted by Gasteiger charge is 2.32. The Morgan fingerprint density at radius 3 is 2.87 bits per heavy atom. The maximum Gasteiger partial charge on any atom is 0.321 e. The molecule has 3 heterocycles. The molecule has 1 saturated heterocycles. The van der Waals surface area contributed by atoms with Crippen LogP contribution in [0.3, 0.4) is 0 Å². The predicted octanol–water partition coefficient (Wildman–Crippen LogP) is 3.30. The summed E-state index contributed by atoms with van der Waals surface area (Å²) in [4.78, 5) is 31.0. The highest BCUT2D eigenvalue weighted by molar-refractivity contribution is 7.22. The molecule has 0 aliphatic carbocycles. The first kappa shape index (κ1) is 18.7. The number of amides is 3. The van der Waals surface area contributed by atoms with Gasteiger partial charge in [0, 0.05) is 24.7 Å². The molecule has 1 atom stereocenters.